The molecule has 1 saturated heterocycles. The third-order valence-corrected chi connectivity index (χ3v) is 7.97. The van der Waals surface area contributed by atoms with E-state index in [-0.39, 0.29) is 28.3 Å². The highest BCUT2D eigenvalue weighted by molar-refractivity contribution is 8.01. The number of aliphatic carboxylic acids is 2. The predicted octanol–water partition coefficient (Wildman–Crippen LogP) is 1.79. The quantitative estimate of drug-likeness (QED) is 0.226. The first-order valence-corrected chi connectivity index (χ1v) is 14.3. The fourth-order valence-electron chi connectivity index (χ4n) is 4.05. The van der Waals surface area contributed by atoms with Gasteiger partial charge in [0.15, 0.2) is 0 Å². The minimum Gasteiger partial charge on any atom is -0.481 e. The molecule has 2 unspecified atom stereocenters. The van der Waals surface area contributed by atoms with Gasteiger partial charge in [0.1, 0.15) is 35.2 Å². The van der Waals surface area contributed by atoms with Crippen molar-refractivity contribution in [1.82, 2.24) is 25.7 Å². The minimum atomic E-state index is -1.31. The Morgan fingerprint density at radius 3 is 2.54 bits per heavy atom. The largest absolute Gasteiger partial charge is 0.481 e. The maximum atomic E-state index is 13.3. The number of nitrogens with zero attached hydrogens (tertiary/aromatic N) is 3. The topological polar surface area (TPSA) is 201 Å². The summed E-state index contributed by atoms with van der Waals surface area (Å²) in [5.74, 6) is -3.45. The smallest absolute Gasteiger partial charge is 0.408 e. The summed E-state index contributed by atoms with van der Waals surface area (Å²) in [7, 11) is 0. The van der Waals surface area contributed by atoms with Gasteiger partial charge >= 0.3 is 18.0 Å². The van der Waals surface area contributed by atoms with Crippen molar-refractivity contribution in [3.63, 3.8) is 0 Å². The van der Waals surface area contributed by atoms with Gasteiger partial charge in [-0.25, -0.2) is 9.59 Å². The van der Waals surface area contributed by atoms with Gasteiger partial charge in [-0.2, -0.15) is 0 Å². The summed E-state index contributed by atoms with van der Waals surface area (Å²) < 4.78 is 10.5. The van der Waals surface area contributed by atoms with Gasteiger partial charge in [-0.15, -0.1) is 22.0 Å². The lowest BCUT2D eigenvalue weighted by atomic mass is 10.0. The molecular weight excluding hydrogens is 578 g/mol. The standard InChI is InChI=1S/C25H27N5O9S2/c1-25(2,3)39-23(37)27-16(12-7-5-4-6-8-12)19(33)26-17-20(34)30-18(22(35)36)13(10-40-21(17)30)11-41-24-29-28-14(38-24)9-15(31)32/h4-8,16-17,21H,9-11H2,1-3H3,(H,26,33)(H,27,37)(H,31,32)(H,35,36)/t16?,17?,21-/m0/s1. The van der Waals surface area contributed by atoms with Crippen molar-refractivity contribution in [3.05, 3.63) is 53.1 Å². The van der Waals surface area contributed by atoms with E-state index in [0.29, 0.717) is 11.1 Å². The van der Waals surface area contributed by atoms with Crippen molar-refractivity contribution >= 4 is 53.4 Å². The molecule has 0 spiro atoms. The molecule has 3 atom stereocenters. The Kier molecular flexibility index (Phi) is 8.92. The van der Waals surface area contributed by atoms with Crippen LogP contribution < -0.4 is 10.6 Å². The maximum Gasteiger partial charge on any atom is 0.408 e. The molecule has 1 aromatic heterocycles. The number of thioether (sulfide) groups is 2. The molecule has 3 heterocycles. The van der Waals surface area contributed by atoms with E-state index in [1.54, 1.807) is 51.1 Å². The number of ether oxygens (including phenoxy) is 1. The van der Waals surface area contributed by atoms with E-state index in [1.165, 1.54) is 11.8 Å². The number of fused-ring (bicyclic) bond motifs is 1. The lowest BCUT2D eigenvalue weighted by Crippen LogP contribution is -2.71. The van der Waals surface area contributed by atoms with Crippen molar-refractivity contribution in [2.75, 3.05) is 11.5 Å². The van der Waals surface area contributed by atoms with Crippen LogP contribution in [0.4, 0.5) is 4.79 Å². The molecule has 2 aromatic rings. The molecule has 218 valence electrons. The molecule has 0 radical (unpaired) electrons. The predicted molar refractivity (Wildman–Crippen MR) is 145 cm³/mol. The van der Waals surface area contributed by atoms with Crippen LogP contribution in [0.25, 0.3) is 0 Å². The zero-order valence-electron chi connectivity index (χ0n) is 22.2. The number of β-lactam (4-membered cyclic amide) rings is 1. The van der Waals surface area contributed by atoms with Crippen molar-refractivity contribution < 1.29 is 43.3 Å². The van der Waals surface area contributed by atoms with Crippen molar-refractivity contribution in [2.45, 2.75) is 55.5 Å². The second-order valence-corrected chi connectivity index (χ2v) is 12.0. The number of amides is 3. The molecular formula is C25H27N5O9S2. The highest BCUT2D eigenvalue weighted by Crippen LogP contribution is 2.41. The van der Waals surface area contributed by atoms with Crippen molar-refractivity contribution in [2.24, 2.45) is 0 Å². The van der Waals surface area contributed by atoms with Gasteiger partial charge in [-0.3, -0.25) is 19.3 Å². The highest BCUT2D eigenvalue weighted by atomic mass is 32.2. The normalized spacial score (nSPS) is 19.1. The Labute approximate surface area is 242 Å². The van der Waals surface area contributed by atoms with Crippen LogP contribution in [0, 0.1) is 0 Å². The van der Waals surface area contributed by atoms with E-state index in [0.717, 1.165) is 16.7 Å². The van der Waals surface area contributed by atoms with E-state index in [9.17, 15) is 29.1 Å². The van der Waals surface area contributed by atoms with Crippen LogP contribution in [0.3, 0.4) is 0 Å². The van der Waals surface area contributed by atoms with E-state index in [4.69, 9.17) is 14.3 Å². The lowest BCUT2D eigenvalue weighted by Gasteiger charge is -2.49. The van der Waals surface area contributed by atoms with Crippen molar-refractivity contribution in [3.8, 4) is 0 Å². The van der Waals surface area contributed by atoms with Gasteiger partial charge in [0.2, 0.25) is 11.8 Å². The Morgan fingerprint density at radius 2 is 1.90 bits per heavy atom. The third kappa shape index (κ3) is 7.18. The summed E-state index contributed by atoms with van der Waals surface area (Å²) in [5, 5.41) is 30.7. The fraction of sp³-hybridized carbons (Fsp3) is 0.400. The first kappa shape index (κ1) is 29.9. The van der Waals surface area contributed by atoms with Crippen LogP contribution in [0.1, 0.15) is 38.3 Å². The molecule has 14 nitrogen and oxygen atoms in total. The molecule has 16 heteroatoms. The molecule has 0 saturated carbocycles. The number of carboxylic acids is 2. The number of nitrogens with one attached hydrogen (secondary N) is 2. The fourth-order valence-corrected chi connectivity index (χ4v) is 6.31. The minimum absolute atomic E-state index is 0.0649. The number of carbonyl (C=O) groups excluding carboxylic acids is 3. The summed E-state index contributed by atoms with van der Waals surface area (Å²) in [6.45, 7) is 5.06. The number of benzene rings is 1. The number of hydrogen-bond donors (Lipinski definition) is 4. The van der Waals surface area contributed by atoms with Gasteiger partial charge < -0.3 is 30.0 Å². The Balaban J connectivity index is 1.46. The van der Waals surface area contributed by atoms with Gasteiger partial charge in [0.25, 0.3) is 11.1 Å². The van der Waals surface area contributed by atoms with Gasteiger partial charge in [-0.05, 0) is 31.9 Å². The average Bonchev–Trinajstić information content (AvgIpc) is 3.34. The molecule has 1 fully saturated rings. The summed E-state index contributed by atoms with van der Waals surface area (Å²) >= 11 is 2.29. The van der Waals surface area contributed by atoms with Crippen LogP contribution in [-0.4, -0.2) is 83.7 Å². The highest BCUT2D eigenvalue weighted by Gasteiger charge is 2.54. The maximum absolute atomic E-state index is 13.3. The second kappa shape index (κ2) is 12.2. The average molecular weight is 606 g/mol. The Bertz CT molecular complexity index is 1390. The molecule has 3 amide bonds. The van der Waals surface area contributed by atoms with Crippen LogP contribution in [0.5, 0.6) is 0 Å². The zero-order chi connectivity index (χ0) is 29.9. The Hall–Kier alpha value is -4.05. The first-order chi connectivity index (χ1) is 19.3. The number of aromatic nitrogens is 2. The lowest BCUT2D eigenvalue weighted by molar-refractivity contribution is -0.151. The monoisotopic (exact) mass is 605 g/mol. The van der Waals surface area contributed by atoms with Crippen LogP contribution in [-0.2, 0) is 30.3 Å². The number of carboxylic acid groups (broad SMARTS) is 2. The number of rotatable bonds is 10. The molecule has 2 aliphatic rings. The van der Waals surface area contributed by atoms with E-state index >= 15 is 0 Å². The SMILES string of the molecule is CC(C)(C)OC(=O)NC(C(=O)NC1C(=O)N2C(C(=O)O)=C(CSc3nnc(CC(=O)O)o3)CS[C@@H]12)c1ccccc1. The van der Waals surface area contributed by atoms with Gasteiger partial charge in [0.05, 0.1) is 0 Å². The number of alkyl carbamates (subject to hydrolysis) is 1. The molecule has 4 rings (SSSR count). The zero-order valence-corrected chi connectivity index (χ0v) is 23.8. The Morgan fingerprint density at radius 1 is 1.20 bits per heavy atom. The van der Waals surface area contributed by atoms with E-state index in [1.807, 2.05) is 0 Å². The first-order valence-electron chi connectivity index (χ1n) is 12.3. The molecule has 1 aromatic carbocycles. The molecule has 41 heavy (non-hydrogen) atoms. The molecule has 4 N–H and O–H groups in total. The van der Waals surface area contributed by atoms with Crippen LogP contribution in [0.15, 0.2) is 51.2 Å². The summed E-state index contributed by atoms with van der Waals surface area (Å²) in [6, 6.07) is 6.26. The molecule has 0 bridgehead atoms. The third-order valence-electron chi connectivity index (χ3n) is 5.72. The molecule has 2 aliphatic heterocycles. The van der Waals surface area contributed by atoms with Gasteiger partial charge in [0, 0.05) is 11.5 Å². The van der Waals surface area contributed by atoms with Crippen LogP contribution >= 0.6 is 23.5 Å². The van der Waals surface area contributed by atoms with Crippen LogP contribution in [0.2, 0.25) is 0 Å². The number of hydrogen-bond acceptors (Lipinski definition) is 11. The summed E-state index contributed by atoms with van der Waals surface area (Å²) in [5.41, 5.74) is -0.110. The van der Waals surface area contributed by atoms with Gasteiger partial charge in [-0.1, -0.05) is 42.1 Å². The van der Waals surface area contributed by atoms with E-state index < -0.39 is 59.3 Å². The number of carbonyl (C=O) groups is 5. The summed E-state index contributed by atoms with van der Waals surface area (Å²) in [6.07, 6.45) is -1.26. The second-order valence-electron chi connectivity index (χ2n) is 9.96. The molecule has 0 aliphatic carbocycles. The summed E-state index contributed by atoms with van der Waals surface area (Å²) in [4.78, 5) is 63.0. The van der Waals surface area contributed by atoms with E-state index in [2.05, 4.69) is 20.8 Å². The van der Waals surface area contributed by atoms with Crippen molar-refractivity contribution in [1.29, 1.82) is 0 Å².